The average Bonchev–Trinajstić information content (AvgIpc) is 2.89. The molecule has 7 heteroatoms. The largest absolute Gasteiger partial charge is 0.387 e. The van der Waals surface area contributed by atoms with Crippen LogP contribution in [0.2, 0.25) is 0 Å². The summed E-state index contributed by atoms with van der Waals surface area (Å²) in [7, 11) is -3.55. The molecular weight excluding hydrogens is 280 g/mol. The molecule has 108 valence electrons. The molecule has 1 heterocycles. The number of hydrogen-bond donors (Lipinski definition) is 2. The number of aryl methyl sites for hydroxylation is 1. The van der Waals surface area contributed by atoms with Gasteiger partial charge in [0.25, 0.3) is 0 Å². The van der Waals surface area contributed by atoms with Crippen molar-refractivity contribution in [1.82, 2.24) is 9.88 Å². The summed E-state index contributed by atoms with van der Waals surface area (Å²) in [5, 5.41) is 13.6. The van der Waals surface area contributed by atoms with Gasteiger partial charge in [0.2, 0.25) is 10.0 Å². The summed E-state index contributed by atoms with van der Waals surface area (Å²) in [5.74, 6) is -0.274. The smallest absolute Gasteiger partial charge is 0.217 e. The second kappa shape index (κ2) is 6.17. The van der Waals surface area contributed by atoms with Crippen molar-refractivity contribution in [3.8, 4) is 0 Å². The van der Waals surface area contributed by atoms with E-state index in [0.717, 1.165) is 5.56 Å². The number of benzene rings is 1. The second-order valence-corrected chi connectivity index (χ2v) is 6.28. The van der Waals surface area contributed by atoms with E-state index in [1.54, 1.807) is 12.1 Å². The monoisotopic (exact) mass is 296 g/mol. The van der Waals surface area contributed by atoms with Crippen molar-refractivity contribution in [2.24, 2.45) is 0 Å². The molecule has 2 N–H and O–H groups in total. The van der Waals surface area contributed by atoms with Crippen LogP contribution in [0.3, 0.4) is 0 Å². The zero-order valence-electron chi connectivity index (χ0n) is 11.0. The molecule has 0 aliphatic carbocycles. The maximum atomic E-state index is 11.8. The molecule has 0 amide bonds. The van der Waals surface area contributed by atoms with Crippen LogP contribution in [-0.2, 0) is 15.8 Å². The molecule has 1 atom stereocenters. The molecule has 2 rings (SSSR count). The van der Waals surface area contributed by atoms with E-state index < -0.39 is 16.1 Å². The van der Waals surface area contributed by atoms with Crippen LogP contribution >= 0.6 is 0 Å². The van der Waals surface area contributed by atoms with E-state index in [2.05, 4.69) is 14.4 Å². The highest BCUT2D eigenvalue weighted by atomic mass is 32.2. The van der Waals surface area contributed by atoms with E-state index in [1.807, 2.05) is 19.1 Å². The first-order chi connectivity index (χ1) is 9.48. The third-order valence-corrected chi connectivity index (χ3v) is 4.16. The van der Waals surface area contributed by atoms with E-state index in [-0.39, 0.29) is 12.3 Å². The maximum absolute atomic E-state index is 11.8. The Morgan fingerprint density at radius 3 is 2.75 bits per heavy atom. The lowest BCUT2D eigenvalue weighted by molar-refractivity contribution is 0.181. The Hall–Kier alpha value is -1.70. The fourth-order valence-electron chi connectivity index (χ4n) is 1.83. The third-order valence-electron chi connectivity index (χ3n) is 2.87. The molecule has 0 aliphatic rings. The quantitative estimate of drug-likeness (QED) is 0.834. The van der Waals surface area contributed by atoms with Gasteiger partial charge in [-0.3, -0.25) is 0 Å². The highest BCUT2D eigenvalue weighted by Crippen LogP contribution is 2.16. The maximum Gasteiger partial charge on any atom is 0.217 e. The summed E-state index contributed by atoms with van der Waals surface area (Å²) in [6.07, 6.45) is 0.427. The van der Waals surface area contributed by atoms with Gasteiger partial charge < -0.3 is 9.63 Å². The molecule has 0 radical (unpaired) electrons. The van der Waals surface area contributed by atoms with Gasteiger partial charge in [0.05, 0.1) is 11.8 Å². The molecule has 0 fully saturated rings. The number of nitrogens with one attached hydrogen (secondary N) is 1. The number of hydrogen-bond acceptors (Lipinski definition) is 5. The summed E-state index contributed by atoms with van der Waals surface area (Å²) in [4.78, 5) is 0. The van der Waals surface area contributed by atoms with Crippen LogP contribution in [-0.4, -0.2) is 25.2 Å². The molecule has 0 saturated carbocycles. The van der Waals surface area contributed by atoms with Gasteiger partial charge in [-0.15, -0.1) is 0 Å². The Labute approximate surface area is 117 Å². The summed E-state index contributed by atoms with van der Waals surface area (Å²) >= 11 is 0. The first kappa shape index (κ1) is 14.7. The molecular formula is C13H16N2O4S. The molecule has 0 spiro atoms. The summed E-state index contributed by atoms with van der Waals surface area (Å²) in [5.41, 5.74) is 1.94. The molecule has 0 aliphatic heterocycles. The predicted molar refractivity (Wildman–Crippen MR) is 73.3 cm³/mol. The van der Waals surface area contributed by atoms with Gasteiger partial charge in [-0.1, -0.05) is 29.4 Å². The second-order valence-electron chi connectivity index (χ2n) is 4.47. The summed E-state index contributed by atoms with van der Waals surface area (Å²) in [6, 6.07) is 8.78. The molecule has 0 saturated heterocycles. The van der Waals surface area contributed by atoms with Gasteiger partial charge in [-0.25, -0.2) is 13.1 Å². The van der Waals surface area contributed by atoms with Gasteiger partial charge in [-0.05, 0) is 18.1 Å². The van der Waals surface area contributed by atoms with Gasteiger partial charge in [0.1, 0.15) is 12.0 Å². The number of aliphatic hydroxyl groups excluding tert-OH is 1. The number of sulfonamides is 1. The minimum absolute atomic E-state index is 0.0783. The molecule has 20 heavy (non-hydrogen) atoms. The topological polar surface area (TPSA) is 92.4 Å². The standard InChI is InChI=1S/C13H16N2O4S/c1-10-4-2-3-5-12(10)13(16)8-14-20(17,18)9-11-6-7-19-15-11/h2-7,13-14,16H,8-9H2,1H3. The third kappa shape index (κ3) is 3.89. The highest BCUT2D eigenvalue weighted by Gasteiger charge is 2.17. The van der Waals surface area contributed by atoms with Crippen molar-refractivity contribution in [2.75, 3.05) is 6.54 Å². The van der Waals surface area contributed by atoms with Crippen molar-refractivity contribution >= 4 is 10.0 Å². The molecule has 1 aromatic heterocycles. The summed E-state index contributed by atoms with van der Waals surface area (Å²) in [6.45, 7) is 1.79. The van der Waals surface area contributed by atoms with Gasteiger partial charge >= 0.3 is 0 Å². The van der Waals surface area contributed by atoms with Gasteiger partial charge in [-0.2, -0.15) is 0 Å². The van der Waals surface area contributed by atoms with E-state index in [0.29, 0.717) is 11.3 Å². The lowest BCUT2D eigenvalue weighted by Gasteiger charge is -2.14. The number of aliphatic hydroxyl groups is 1. The van der Waals surface area contributed by atoms with Crippen molar-refractivity contribution in [3.05, 3.63) is 53.4 Å². The minimum Gasteiger partial charge on any atom is -0.387 e. The number of rotatable bonds is 6. The molecule has 0 bridgehead atoms. The lowest BCUT2D eigenvalue weighted by Crippen LogP contribution is -2.29. The fourth-order valence-corrected chi connectivity index (χ4v) is 2.89. The molecule has 1 unspecified atom stereocenters. The van der Waals surface area contributed by atoms with Crippen LogP contribution in [0.1, 0.15) is 22.9 Å². The fraction of sp³-hybridized carbons (Fsp3) is 0.308. The number of aromatic nitrogens is 1. The van der Waals surface area contributed by atoms with E-state index >= 15 is 0 Å². The van der Waals surface area contributed by atoms with Crippen molar-refractivity contribution in [1.29, 1.82) is 0 Å². The van der Waals surface area contributed by atoms with Gasteiger partial charge in [0.15, 0.2) is 0 Å². The first-order valence-corrected chi connectivity index (χ1v) is 7.73. The molecule has 2 aromatic rings. The zero-order chi connectivity index (χ0) is 14.6. The minimum atomic E-state index is -3.55. The highest BCUT2D eigenvalue weighted by molar-refractivity contribution is 7.88. The van der Waals surface area contributed by atoms with Crippen LogP contribution in [0.25, 0.3) is 0 Å². The Morgan fingerprint density at radius 1 is 1.35 bits per heavy atom. The lowest BCUT2D eigenvalue weighted by atomic mass is 10.0. The normalized spacial score (nSPS) is 13.3. The van der Waals surface area contributed by atoms with Crippen molar-refractivity contribution < 1.29 is 18.0 Å². The zero-order valence-corrected chi connectivity index (χ0v) is 11.8. The van der Waals surface area contributed by atoms with Crippen LogP contribution < -0.4 is 4.72 Å². The number of nitrogens with zero attached hydrogens (tertiary/aromatic N) is 1. The van der Waals surface area contributed by atoms with Crippen molar-refractivity contribution in [3.63, 3.8) is 0 Å². The van der Waals surface area contributed by atoms with Crippen LogP contribution in [0.5, 0.6) is 0 Å². The van der Waals surface area contributed by atoms with Crippen molar-refractivity contribution in [2.45, 2.75) is 18.8 Å². The van der Waals surface area contributed by atoms with E-state index in [9.17, 15) is 13.5 Å². The Balaban J connectivity index is 1.96. The van der Waals surface area contributed by atoms with E-state index in [1.165, 1.54) is 12.3 Å². The first-order valence-electron chi connectivity index (χ1n) is 6.08. The Morgan fingerprint density at radius 2 is 2.10 bits per heavy atom. The van der Waals surface area contributed by atoms with Crippen LogP contribution in [0, 0.1) is 6.92 Å². The van der Waals surface area contributed by atoms with Gasteiger partial charge in [0, 0.05) is 12.6 Å². The Kier molecular flexibility index (Phi) is 4.53. The predicted octanol–water partition coefficient (Wildman–Crippen LogP) is 1.14. The Bertz CT molecular complexity index is 653. The average molecular weight is 296 g/mol. The SMILES string of the molecule is Cc1ccccc1C(O)CNS(=O)(=O)Cc1ccon1. The molecule has 6 nitrogen and oxygen atoms in total. The van der Waals surface area contributed by atoms with E-state index in [4.69, 9.17) is 0 Å². The molecule has 1 aromatic carbocycles. The van der Waals surface area contributed by atoms with Crippen LogP contribution in [0.4, 0.5) is 0 Å². The van der Waals surface area contributed by atoms with Crippen LogP contribution in [0.15, 0.2) is 41.1 Å². The summed E-state index contributed by atoms with van der Waals surface area (Å²) < 4.78 is 30.6.